The molecule has 0 unspecified atom stereocenters. The molecule has 0 aliphatic carbocycles. The molecule has 3 aromatic rings. The fraction of sp³-hybridized carbons (Fsp3) is 0.452. The number of rotatable bonds is 12. The summed E-state index contributed by atoms with van der Waals surface area (Å²) in [5, 5.41) is 12.3. The van der Waals surface area contributed by atoms with E-state index in [1.54, 1.807) is 12.1 Å². The summed E-state index contributed by atoms with van der Waals surface area (Å²) < 4.78 is 17.0. The Morgan fingerprint density at radius 2 is 1.79 bits per heavy atom. The first kappa shape index (κ1) is 26.9. The van der Waals surface area contributed by atoms with E-state index in [1.165, 1.54) is 18.9 Å². The van der Waals surface area contributed by atoms with Crippen molar-refractivity contribution in [3.63, 3.8) is 0 Å². The third kappa shape index (κ3) is 6.50. The summed E-state index contributed by atoms with van der Waals surface area (Å²) in [5.41, 5.74) is 3.80. The smallest absolute Gasteiger partial charge is 0.305 e. The van der Waals surface area contributed by atoms with E-state index < -0.39 is 0 Å². The number of phenols is 1. The number of phenolic OH excluding ortho intramolecular Hbond substituents is 1. The largest absolute Gasteiger partial charge is 0.508 e. The zero-order valence-electron chi connectivity index (χ0n) is 22.3. The summed E-state index contributed by atoms with van der Waals surface area (Å²) in [6, 6.07) is 15.4. The van der Waals surface area contributed by atoms with E-state index in [1.807, 2.05) is 24.3 Å². The predicted molar refractivity (Wildman–Crippen MR) is 144 cm³/mol. The summed E-state index contributed by atoms with van der Waals surface area (Å²) in [6.07, 6.45) is 8.03. The number of amides is 1. The third-order valence-corrected chi connectivity index (χ3v) is 7.98. The Labute approximate surface area is 228 Å². The number of hydrogen-bond acceptors (Lipinski definition) is 7. The Morgan fingerprint density at radius 1 is 1.03 bits per heavy atom. The average Bonchev–Trinajstić information content (AvgIpc) is 3.70. The van der Waals surface area contributed by atoms with E-state index in [9.17, 15) is 14.7 Å². The Hall–Kier alpha value is -3.65. The second kappa shape index (κ2) is 12.5. The lowest BCUT2D eigenvalue weighted by molar-refractivity contribution is -0.140. The molecule has 2 saturated heterocycles. The van der Waals surface area contributed by atoms with Crippen molar-refractivity contribution >= 4 is 11.9 Å². The van der Waals surface area contributed by atoms with Crippen molar-refractivity contribution in [2.45, 2.75) is 69.5 Å². The van der Waals surface area contributed by atoms with Crippen LogP contribution in [0.2, 0.25) is 0 Å². The molecule has 2 fully saturated rings. The number of fused-ring (bicyclic) bond motifs is 2. The Morgan fingerprint density at radius 3 is 2.59 bits per heavy atom. The van der Waals surface area contributed by atoms with Crippen LogP contribution in [-0.2, 0) is 33.5 Å². The molecule has 0 spiro atoms. The van der Waals surface area contributed by atoms with Gasteiger partial charge in [0.1, 0.15) is 12.0 Å². The summed E-state index contributed by atoms with van der Waals surface area (Å²) in [4.78, 5) is 29.1. The van der Waals surface area contributed by atoms with E-state index in [-0.39, 0.29) is 41.7 Å². The molecule has 39 heavy (non-hydrogen) atoms. The summed E-state index contributed by atoms with van der Waals surface area (Å²) in [5.74, 6) is 0.567. The molecule has 2 N–H and O–H groups in total. The molecule has 5 rings (SSSR count). The van der Waals surface area contributed by atoms with Crippen LogP contribution < -0.4 is 5.32 Å². The van der Waals surface area contributed by atoms with E-state index in [2.05, 4.69) is 22.4 Å². The third-order valence-electron chi connectivity index (χ3n) is 7.98. The van der Waals surface area contributed by atoms with E-state index in [4.69, 9.17) is 13.9 Å². The quantitative estimate of drug-likeness (QED) is 0.256. The molecule has 4 atom stereocenters. The van der Waals surface area contributed by atoms with Crippen molar-refractivity contribution in [1.82, 2.24) is 10.3 Å². The Kier molecular flexibility index (Phi) is 8.61. The highest BCUT2D eigenvalue weighted by Gasteiger charge is 2.51. The molecule has 3 heterocycles. The highest BCUT2D eigenvalue weighted by Crippen LogP contribution is 2.50. The first-order valence-corrected chi connectivity index (χ1v) is 13.8. The number of nitrogens with zero attached hydrogens (tertiary/aromatic N) is 1. The first-order chi connectivity index (χ1) is 19.0. The highest BCUT2D eigenvalue weighted by molar-refractivity contribution is 5.91. The molecule has 2 bridgehead atoms. The number of carbonyl (C=O) groups is 2. The van der Waals surface area contributed by atoms with Crippen LogP contribution in [0.15, 0.2) is 59.2 Å². The normalized spacial score (nSPS) is 21.7. The molecular formula is C31H36N2O6. The molecular weight excluding hydrogens is 496 g/mol. The number of hydrogen-bond donors (Lipinski definition) is 2. The maximum absolute atomic E-state index is 12.7. The van der Waals surface area contributed by atoms with Crippen LogP contribution in [-0.4, -0.2) is 47.8 Å². The molecule has 1 amide bonds. The second-order valence-electron chi connectivity index (χ2n) is 10.5. The van der Waals surface area contributed by atoms with E-state index >= 15 is 0 Å². The Bertz CT molecular complexity index is 1270. The molecule has 0 saturated carbocycles. The van der Waals surface area contributed by atoms with Gasteiger partial charge in [-0.05, 0) is 73.8 Å². The van der Waals surface area contributed by atoms with Crippen molar-refractivity contribution in [2.24, 2.45) is 5.92 Å². The number of esters is 1. The molecule has 2 aromatic carbocycles. The highest BCUT2D eigenvalue weighted by atomic mass is 16.5. The minimum atomic E-state index is -0.233. The summed E-state index contributed by atoms with van der Waals surface area (Å²) in [6.45, 7) is 0.557. The molecule has 8 heteroatoms. The lowest BCUT2D eigenvalue weighted by Gasteiger charge is -2.26. The minimum absolute atomic E-state index is 0.00993. The number of aromatic nitrogens is 1. The van der Waals surface area contributed by atoms with Gasteiger partial charge in [-0.2, -0.15) is 0 Å². The Balaban J connectivity index is 1.17. The summed E-state index contributed by atoms with van der Waals surface area (Å²) in [7, 11) is 1.41. The van der Waals surface area contributed by atoms with Gasteiger partial charge in [-0.25, -0.2) is 4.98 Å². The van der Waals surface area contributed by atoms with Gasteiger partial charge >= 0.3 is 5.97 Å². The number of nitrogens with one attached hydrogen (secondary N) is 1. The predicted octanol–water partition coefficient (Wildman–Crippen LogP) is 4.74. The maximum Gasteiger partial charge on any atom is 0.305 e. The minimum Gasteiger partial charge on any atom is -0.508 e. The van der Waals surface area contributed by atoms with Crippen molar-refractivity contribution in [2.75, 3.05) is 13.7 Å². The van der Waals surface area contributed by atoms with Gasteiger partial charge in [0.15, 0.2) is 5.69 Å². The number of oxazole rings is 1. The van der Waals surface area contributed by atoms with Crippen LogP contribution in [0.3, 0.4) is 0 Å². The average molecular weight is 533 g/mol. The van der Waals surface area contributed by atoms with E-state index in [0.29, 0.717) is 31.0 Å². The van der Waals surface area contributed by atoms with Crippen molar-refractivity contribution in [3.8, 4) is 5.75 Å². The number of ether oxygens (including phenoxy) is 2. The summed E-state index contributed by atoms with van der Waals surface area (Å²) >= 11 is 0. The van der Waals surface area contributed by atoms with Crippen LogP contribution in [0.1, 0.15) is 71.1 Å². The molecule has 2 aliphatic rings. The number of unbranched alkanes of at least 4 members (excludes halogenated alkanes) is 1. The second-order valence-corrected chi connectivity index (χ2v) is 10.5. The first-order valence-electron chi connectivity index (χ1n) is 13.8. The molecule has 206 valence electrons. The van der Waals surface area contributed by atoms with Gasteiger partial charge in [0.25, 0.3) is 5.91 Å². The van der Waals surface area contributed by atoms with Gasteiger partial charge in [0.2, 0.25) is 5.89 Å². The van der Waals surface area contributed by atoms with Gasteiger partial charge in [-0.1, -0.05) is 36.4 Å². The maximum atomic E-state index is 12.7. The zero-order chi connectivity index (χ0) is 27.2. The van der Waals surface area contributed by atoms with Gasteiger partial charge in [0.05, 0.1) is 25.2 Å². The molecule has 1 aromatic heterocycles. The van der Waals surface area contributed by atoms with Crippen LogP contribution >= 0.6 is 0 Å². The molecule has 0 radical (unpaired) electrons. The van der Waals surface area contributed by atoms with Gasteiger partial charge in [-0.3, -0.25) is 9.59 Å². The van der Waals surface area contributed by atoms with Gasteiger partial charge in [0, 0.05) is 18.9 Å². The number of aromatic hydroxyl groups is 1. The SMILES string of the molecule is COC(=O)CCc1ccccc1C[C@@H]1[C@H](c2nc(C(=O)NCCCCc3ccc(O)cc3)co2)[C@H]2CC[C@@H]1O2. The lowest BCUT2D eigenvalue weighted by Crippen LogP contribution is -2.28. The zero-order valence-corrected chi connectivity index (χ0v) is 22.3. The number of carbonyl (C=O) groups excluding carboxylic acids is 2. The van der Waals surface area contributed by atoms with Crippen molar-refractivity contribution < 1.29 is 28.6 Å². The monoisotopic (exact) mass is 532 g/mol. The van der Waals surface area contributed by atoms with Crippen LogP contribution in [0.5, 0.6) is 5.75 Å². The topological polar surface area (TPSA) is 111 Å². The van der Waals surface area contributed by atoms with Gasteiger partial charge < -0.3 is 24.3 Å². The number of benzene rings is 2. The van der Waals surface area contributed by atoms with Crippen molar-refractivity contribution in [3.05, 3.63) is 83.1 Å². The molecule has 2 aliphatic heterocycles. The lowest BCUT2D eigenvalue weighted by atomic mass is 9.75. The number of methoxy groups -OCH3 is 1. The molecule has 8 nitrogen and oxygen atoms in total. The van der Waals surface area contributed by atoms with Crippen LogP contribution in [0.25, 0.3) is 0 Å². The standard InChI is InChI=1S/C31H36N2O6/c1-37-28(35)16-11-21-7-2-3-8-22(21)18-24-26-14-15-27(39-26)29(24)31-33-25(19-38-31)30(36)32-17-5-4-6-20-9-12-23(34)13-10-20/h2-3,7-10,12-13,19,24,26-27,29,34H,4-6,11,14-18H2,1H3,(H,32,36)/t24-,26-,27+,29-/m0/s1. The fourth-order valence-electron chi connectivity index (χ4n) is 5.92. The number of aryl methyl sites for hydroxylation is 2. The van der Waals surface area contributed by atoms with Crippen LogP contribution in [0.4, 0.5) is 0 Å². The van der Waals surface area contributed by atoms with E-state index in [0.717, 1.165) is 49.7 Å². The van der Waals surface area contributed by atoms with Crippen LogP contribution in [0, 0.1) is 5.92 Å². The van der Waals surface area contributed by atoms with Crippen molar-refractivity contribution in [1.29, 1.82) is 0 Å². The fourth-order valence-corrected chi connectivity index (χ4v) is 5.92. The van der Waals surface area contributed by atoms with Gasteiger partial charge in [-0.15, -0.1) is 0 Å².